The van der Waals surface area contributed by atoms with Gasteiger partial charge in [-0.25, -0.2) is 0 Å². The van der Waals surface area contributed by atoms with E-state index in [1.807, 2.05) is 13.8 Å². The number of ether oxygens (including phenoxy) is 1. The fraction of sp³-hybridized carbons (Fsp3) is 0.562. The molecule has 2 aliphatic rings. The van der Waals surface area contributed by atoms with Crippen LogP contribution in [0.3, 0.4) is 0 Å². The van der Waals surface area contributed by atoms with E-state index in [4.69, 9.17) is 4.74 Å². The van der Waals surface area contributed by atoms with E-state index in [0.29, 0.717) is 19.7 Å². The van der Waals surface area contributed by atoms with Crippen molar-refractivity contribution in [3.8, 4) is 0 Å². The van der Waals surface area contributed by atoms with E-state index in [1.165, 1.54) is 0 Å². The molecule has 0 spiro atoms. The number of cyclic esters (lactones) is 1. The van der Waals surface area contributed by atoms with Gasteiger partial charge in [0.05, 0.1) is 12.5 Å². The van der Waals surface area contributed by atoms with Crippen molar-refractivity contribution in [1.29, 1.82) is 0 Å². The number of aryl methyl sites for hydroxylation is 1. The van der Waals surface area contributed by atoms with E-state index in [9.17, 15) is 14.4 Å². The first kappa shape index (κ1) is 14.8. The number of amides is 1. The van der Waals surface area contributed by atoms with Gasteiger partial charge in [-0.2, -0.15) is 0 Å². The second-order valence-electron chi connectivity index (χ2n) is 6.11. The summed E-state index contributed by atoms with van der Waals surface area (Å²) in [5, 5.41) is 0. The van der Waals surface area contributed by atoms with Crippen LogP contribution < -0.4 is 5.56 Å². The molecule has 6 heteroatoms. The Balaban J connectivity index is 1.91. The maximum absolute atomic E-state index is 12.7. The monoisotopic (exact) mass is 304 g/mol. The first-order valence-corrected chi connectivity index (χ1v) is 7.59. The molecule has 0 bridgehead atoms. The van der Waals surface area contributed by atoms with Crippen molar-refractivity contribution >= 4 is 11.9 Å². The third-order valence-electron chi connectivity index (χ3n) is 4.79. The SMILES string of the molecule is CCc1c(C)cc(C(=O)N2C[C@@H]3COC(=O)[C@@H]3C2)c(=O)n1C. The van der Waals surface area contributed by atoms with Crippen molar-refractivity contribution in [1.82, 2.24) is 9.47 Å². The van der Waals surface area contributed by atoms with E-state index in [0.717, 1.165) is 17.7 Å². The molecular formula is C16H20N2O4. The summed E-state index contributed by atoms with van der Waals surface area (Å²) >= 11 is 0. The van der Waals surface area contributed by atoms with Gasteiger partial charge in [0.2, 0.25) is 0 Å². The van der Waals surface area contributed by atoms with E-state index >= 15 is 0 Å². The molecule has 0 unspecified atom stereocenters. The van der Waals surface area contributed by atoms with Crippen LogP contribution in [-0.2, 0) is 23.0 Å². The van der Waals surface area contributed by atoms with Crippen LogP contribution in [-0.4, -0.2) is 41.0 Å². The molecule has 1 aromatic heterocycles. The Morgan fingerprint density at radius 3 is 2.73 bits per heavy atom. The van der Waals surface area contributed by atoms with Crippen LogP contribution in [0, 0.1) is 18.8 Å². The first-order valence-electron chi connectivity index (χ1n) is 7.59. The highest BCUT2D eigenvalue weighted by Gasteiger charge is 2.45. The van der Waals surface area contributed by atoms with Gasteiger partial charge in [0.1, 0.15) is 5.56 Å². The number of esters is 1. The number of nitrogens with zero attached hydrogens (tertiary/aromatic N) is 2. The largest absolute Gasteiger partial charge is 0.465 e. The fourth-order valence-corrected chi connectivity index (χ4v) is 3.54. The smallest absolute Gasteiger partial charge is 0.311 e. The number of pyridine rings is 1. The van der Waals surface area contributed by atoms with Crippen LogP contribution in [0.1, 0.15) is 28.5 Å². The lowest BCUT2D eigenvalue weighted by atomic mass is 10.0. The molecule has 0 saturated carbocycles. The molecule has 2 fully saturated rings. The zero-order chi connectivity index (χ0) is 16.0. The molecular weight excluding hydrogens is 284 g/mol. The van der Waals surface area contributed by atoms with E-state index in [1.54, 1.807) is 22.6 Å². The molecule has 3 heterocycles. The fourth-order valence-electron chi connectivity index (χ4n) is 3.54. The maximum atomic E-state index is 12.7. The van der Waals surface area contributed by atoms with Crippen molar-refractivity contribution in [3.05, 3.63) is 33.2 Å². The van der Waals surface area contributed by atoms with Crippen molar-refractivity contribution in [2.75, 3.05) is 19.7 Å². The molecule has 118 valence electrons. The summed E-state index contributed by atoms with van der Waals surface area (Å²) in [5.41, 5.74) is 1.78. The number of carbonyl (C=O) groups is 2. The van der Waals surface area contributed by atoms with Gasteiger partial charge in [0.15, 0.2) is 0 Å². The second-order valence-corrected chi connectivity index (χ2v) is 6.11. The zero-order valence-corrected chi connectivity index (χ0v) is 13.1. The zero-order valence-electron chi connectivity index (χ0n) is 13.1. The summed E-state index contributed by atoms with van der Waals surface area (Å²) in [6.07, 6.45) is 0.742. The van der Waals surface area contributed by atoms with Gasteiger partial charge in [-0.15, -0.1) is 0 Å². The highest BCUT2D eigenvalue weighted by molar-refractivity contribution is 5.95. The van der Waals surface area contributed by atoms with Gasteiger partial charge in [-0.3, -0.25) is 14.4 Å². The van der Waals surface area contributed by atoms with Crippen LogP contribution in [0.2, 0.25) is 0 Å². The molecule has 1 amide bonds. The summed E-state index contributed by atoms with van der Waals surface area (Å²) in [6.45, 7) is 5.09. The highest BCUT2D eigenvalue weighted by Crippen LogP contribution is 2.30. The number of carbonyl (C=O) groups excluding carboxylic acids is 2. The normalized spacial score (nSPS) is 23.6. The average Bonchev–Trinajstić information content (AvgIpc) is 3.05. The lowest BCUT2D eigenvalue weighted by Crippen LogP contribution is -2.37. The average molecular weight is 304 g/mol. The lowest BCUT2D eigenvalue weighted by Gasteiger charge is -2.19. The summed E-state index contributed by atoms with van der Waals surface area (Å²) in [5.74, 6) is -0.681. The summed E-state index contributed by atoms with van der Waals surface area (Å²) < 4.78 is 6.55. The van der Waals surface area contributed by atoms with Crippen molar-refractivity contribution in [3.63, 3.8) is 0 Å². The Morgan fingerprint density at radius 2 is 2.09 bits per heavy atom. The van der Waals surface area contributed by atoms with Crippen LogP contribution >= 0.6 is 0 Å². The van der Waals surface area contributed by atoms with Gasteiger partial charge < -0.3 is 14.2 Å². The van der Waals surface area contributed by atoms with E-state index < -0.39 is 0 Å². The molecule has 22 heavy (non-hydrogen) atoms. The molecule has 0 aromatic carbocycles. The Bertz CT molecular complexity index is 707. The van der Waals surface area contributed by atoms with Crippen LogP contribution in [0.25, 0.3) is 0 Å². The van der Waals surface area contributed by atoms with Gasteiger partial charge in [0.25, 0.3) is 11.5 Å². The molecule has 2 atom stereocenters. The molecule has 1 aromatic rings. The number of hydrogen-bond acceptors (Lipinski definition) is 4. The van der Waals surface area contributed by atoms with Crippen LogP contribution in [0.15, 0.2) is 10.9 Å². The number of aromatic nitrogens is 1. The maximum Gasteiger partial charge on any atom is 0.311 e. The molecule has 3 rings (SSSR count). The van der Waals surface area contributed by atoms with E-state index in [2.05, 4.69) is 0 Å². The number of rotatable bonds is 2. The van der Waals surface area contributed by atoms with Gasteiger partial charge in [0, 0.05) is 31.7 Å². The van der Waals surface area contributed by atoms with E-state index in [-0.39, 0.29) is 34.8 Å². The Labute approximate surface area is 128 Å². The van der Waals surface area contributed by atoms with Gasteiger partial charge >= 0.3 is 5.97 Å². The Kier molecular flexibility index (Phi) is 3.54. The summed E-state index contributed by atoms with van der Waals surface area (Å²) in [4.78, 5) is 38.3. The molecule has 0 radical (unpaired) electrons. The van der Waals surface area contributed by atoms with Crippen LogP contribution in [0.5, 0.6) is 0 Å². The first-order chi connectivity index (χ1) is 10.4. The molecule has 2 aliphatic heterocycles. The minimum absolute atomic E-state index is 0.0660. The molecule has 6 nitrogen and oxygen atoms in total. The van der Waals surface area contributed by atoms with Crippen molar-refractivity contribution in [2.24, 2.45) is 18.9 Å². The summed E-state index contributed by atoms with van der Waals surface area (Å²) in [6, 6.07) is 1.68. The Hall–Kier alpha value is -2.11. The molecule has 0 aliphatic carbocycles. The predicted octanol–water partition coefficient (Wildman–Crippen LogP) is 0.501. The molecule has 0 N–H and O–H groups in total. The number of likely N-dealkylation sites (tertiary alicyclic amines) is 1. The Morgan fingerprint density at radius 1 is 1.36 bits per heavy atom. The predicted molar refractivity (Wildman–Crippen MR) is 79.6 cm³/mol. The number of fused-ring (bicyclic) bond motifs is 1. The minimum atomic E-state index is -0.284. The summed E-state index contributed by atoms with van der Waals surface area (Å²) in [7, 11) is 1.70. The van der Waals surface area contributed by atoms with Crippen molar-refractivity contribution < 1.29 is 14.3 Å². The molecule has 2 saturated heterocycles. The van der Waals surface area contributed by atoms with Gasteiger partial charge in [-0.1, -0.05) is 6.92 Å². The number of hydrogen-bond donors (Lipinski definition) is 0. The highest BCUT2D eigenvalue weighted by atomic mass is 16.5. The standard InChI is InChI=1S/C16H20N2O4/c1-4-13-9(2)5-11(14(19)17(13)3)15(20)18-6-10-8-22-16(21)12(10)7-18/h5,10,12H,4,6-8H2,1-3H3/t10-,12-/m1/s1. The second kappa shape index (κ2) is 5.26. The van der Waals surface area contributed by atoms with Crippen molar-refractivity contribution in [2.45, 2.75) is 20.3 Å². The third-order valence-corrected chi connectivity index (χ3v) is 4.79. The lowest BCUT2D eigenvalue weighted by molar-refractivity contribution is -0.141. The minimum Gasteiger partial charge on any atom is -0.465 e. The van der Waals surface area contributed by atoms with Gasteiger partial charge in [-0.05, 0) is 25.0 Å². The quantitative estimate of drug-likeness (QED) is 0.746. The third kappa shape index (κ3) is 2.14. The topological polar surface area (TPSA) is 68.6 Å². The van der Waals surface area contributed by atoms with Crippen LogP contribution in [0.4, 0.5) is 0 Å².